The van der Waals surface area contributed by atoms with Crippen LogP contribution in [0.25, 0.3) is 0 Å². The molecule has 1 amide bonds. The first-order valence-corrected chi connectivity index (χ1v) is 5.52. The van der Waals surface area contributed by atoms with Gasteiger partial charge in [-0.1, -0.05) is 0 Å². The summed E-state index contributed by atoms with van der Waals surface area (Å²) in [4.78, 5) is 15.5. The maximum atomic E-state index is 11.4. The molecule has 0 radical (unpaired) electrons. The molecule has 5 nitrogen and oxygen atoms in total. The van der Waals surface area contributed by atoms with Crippen molar-refractivity contribution in [1.82, 2.24) is 9.80 Å². The van der Waals surface area contributed by atoms with E-state index in [1.165, 1.54) is 0 Å². The Morgan fingerprint density at radius 2 is 2.40 bits per heavy atom. The van der Waals surface area contributed by atoms with E-state index in [9.17, 15) is 4.79 Å². The summed E-state index contributed by atoms with van der Waals surface area (Å²) in [6.45, 7) is 3.94. The molecule has 2 aliphatic heterocycles. The monoisotopic (exact) mass is 213 g/mol. The number of carbonyl (C=O) groups is 1. The highest BCUT2D eigenvalue weighted by atomic mass is 16.6. The van der Waals surface area contributed by atoms with Crippen LogP contribution in [0.1, 0.15) is 6.42 Å². The average molecular weight is 213 g/mol. The Labute approximate surface area is 90.1 Å². The maximum Gasteiger partial charge on any atom is 0.410 e. The number of hydrogen-bond donors (Lipinski definition) is 1. The van der Waals surface area contributed by atoms with Crippen LogP contribution in [-0.2, 0) is 4.74 Å². The van der Waals surface area contributed by atoms with Crippen molar-refractivity contribution < 1.29 is 9.53 Å². The molecule has 0 aromatic carbocycles. The smallest absolute Gasteiger partial charge is 0.410 e. The Morgan fingerprint density at radius 3 is 3.00 bits per heavy atom. The van der Waals surface area contributed by atoms with Gasteiger partial charge in [-0.15, -0.1) is 0 Å². The second-order valence-corrected chi connectivity index (χ2v) is 4.54. The first kappa shape index (κ1) is 10.7. The van der Waals surface area contributed by atoms with Crippen LogP contribution in [0.4, 0.5) is 4.79 Å². The van der Waals surface area contributed by atoms with Crippen LogP contribution < -0.4 is 5.73 Å². The van der Waals surface area contributed by atoms with E-state index in [4.69, 9.17) is 10.5 Å². The summed E-state index contributed by atoms with van der Waals surface area (Å²) in [5, 5.41) is 0. The van der Waals surface area contributed by atoms with Gasteiger partial charge in [0.25, 0.3) is 0 Å². The van der Waals surface area contributed by atoms with Crippen LogP contribution >= 0.6 is 0 Å². The van der Waals surface area contributed by atoms with Gasteiger partial charge in [0.2, 0.25) is 0 Å². The van der Waals surface area contributed by atoms with Crippen LogP contribution in [0.15, 0.2) is 0 Å². The minimum Gasteiger partial charge on any atom is -0.447 e. The van der Waals surface area contributed by atoms with Gasteiger partial charge in [-0.3, -0.25) is 0 Å². The number of carbonyl (C=O) groups excluding carboxylic acids is 1. The third-order valence-electron chi connectivity index (χ3n) is 3.29. The zero-order chi connectivity index (χ0) is 10.8. The van der Waals surface area contributed by atoms with Gasteiger partial charge >= 0.3 is 6.09 Å². The molecule has 2 fully saturated rings. The topological polar surface area (TPSA) is 58.8 Å². The predicted octanol–water partition coefficient (Wildman–Crippen LogP) is -0.282. The SMILES string of the molecule is CN1CCC(CN2C(=O)OCC2CN)C1. The number of nitrogens with two attached hydrogens (primary N) is 1. The largest absolute Gasteiger partial charge is 0.447 e. The lowest BCUT2D eigenvalue weighted by molar-refractivity contribution is 0.153. The Bertz CT molecular complexity index is 247. The number of cyclic esters (lactones) is 1. The van der Waals surface area contributed by atoms with E-state index in [-0.39, 0.29) is 12.1 Å². The van der Waals surface area contributed by atoms with Crippen molar-refractivity contribution in [3.8, 4) is 0 Å². The van der Waals surface area contributed by atoms with Crippen LogP contribution in [0.2, 0.25) is 0 Å². The van der Waals surface area contributed by atoms with Crippen molar-refractivity contribution in [3.05, 3.63) is 0 Å². The molecule has 0 bridgehead atoms. The summed E-state index contributed by atoms with van der Waals surface area (Å²) in [7, 11) is 2.11. The lowest BCUT2D eigenvalue weighted by atomic mass is 10.1. The number of rotatable bonds is 3. The zero-order valence-corrected chi connectivity index (χ0v) is 9.19. The van der Waals surface area contributed by atoms with Gasteiger partial charge < -0.3 is 20.3 Å². The maximum absolute atomic E-state index is 11.4. The first-order chi connectivity index (χ1) is 7.20. The van der Waals surface area contributed by atoms with E-state index in [0.717, 1.165) is 26.1 Å². The van der Waals surface area contributed by atoms with E-state index < -0.39 is 0 Å². The van der Waals surface area contributed by atoms with Gasteiger partial charge in [0.1, 0.15) is 6.61 Å². The Balaban J connectivity index is 1.89. The van der Waals surface area contributed by atoms with E-state index in [1.54, 1.807) is 4.90 Å². The third-order valence-corrected chi connectivity index (χ3v) is 3.29. The van der Waals surface area contributed by atoms with Crippen molar-refractivity contribution in [2.45, 2.75) is 12.5 Å². The lowest BCUT2D eigenvalue weighted by Gasteiger charge is -2.23. The fourth-order valence-corrected chi connectivity index (χ4v) is 2.36. The summed E-state index contributed by atoms with van der Waals surface area (Å²) < 4.78 is 5.00. The molecule has 0 aromatic heterocycles. The number of ether oxygens (including phenoxy) is 1. The van der Waals surface area contributed by atoms with Crippen LogP contribution in [0, 0.1) is 5.92 Å². The van der Waals surface area contributed by atoms with Gasteiger partial charge in [0.05, 0.1) is 6.04 Å². The van der Waals surface area contributed by atoms with E-state index >= 15 is 0 Å². The molecular formula is C10H19N3O2. The molecule has 0 aromatic rings. The van der Waals surface area contributed by atoms with E-state index in [0.29, 0.717) is 19.1 Å². The molecule has 5 heteroatoms. The molecule has 2 atom stereocenters. The molecule has 0 saturated carbocycles. The fraction of sp³-hybridized carbons (Fsp3) is 0.900. The predicted molar refractivity (Wildman–Crippen MR) is 56.5 cm³/mol. The number of likely N-dealkylation sites (tertiary alicyclic amines) is 1. The summed E-state index contributed by atoms with van der Waals surface area (Å²) >= 11 is 0. The molecule has 15 heavy (non-hydrogen) atoms. The Kier molecular flexibility index (Phi) is 3.11. The molecule has 2 rings (SSSR count). The molecule has 2 unspecified atom stereocenters. The summed E-state index contributed by atoms with van der Waals surface area (Å²) in [6.07, 6.45) is 0.970. The quantitative estimate of drug-likeness (QED) is 0.700. The van der Waals surface area contributed by atoms with Gasteiger partial charge in [-0.2, -0.15) is 0 Å². The highest BCUT2D eigenvalue weighted by Gasteiger charge is 2.34. The number of hydrogen-bond acceptors (Lipinski definition) is 4. The number of amides is 1. The molecule has 86 valence electrons. The Hall–Kier alpha value is -0.810. The first-order valence-electron chi connectivity index (χ1n) is 5.52. The molecule has 0 aliphatic carbocycles. The Morgan fingerprint density at radius 1 is 1.60 bits per heavy atom. The van der Waals surface area contributed by atoms with E-state index in [1.807, 2.05) is 0 Å². The van der Waals surface area contributed by atoms with Crippen molar-refractivity contribution in [2.75, 3.05) is 39.8 Å². The number of nitrogens with zero attached hydrogens (tertiary/aromatic N) is 2. The van der Waals surface area contributed by atoms with Crippen molar-refractivity contribution in [1.29, 1.82) is 0 Å². The second-order valence-electron chi connectivity index (χ2n) is 4.54. The van der Waals surface area contributed by atoms with Gasteiger partial charge in [0, 0.05) is 19.6 Å². The minimum atomic E-state index is -0.194. The average Bonchev–Trinajstić information content (AvgIpc) is 2.76. The summed E-state index contributed by atoms with van der Waals surface area (Å²) in [5.41, 5.74) is 5.60. The fourth-order valence-electron chi connectivity index (χ4n) is 2.36. The molecular weight excluding hydrogens is 194 g/mol. The summed E-state index contributed by atoms with van der Waals surface area (Å²) in [6, 6.07) is 0.0865. The molecule has 2 aliphatic rings. The molecule has 2 N–H and O–H groups in total. The van der Waals surface area contributed by atoms with Crippen LogP contribution in [0.3, 0.4) is 0 Å². The van der Waals surface area contributed by atoms with Gasteiger partial charge in [0.15, 0.2) is 0 Å². The zero-order valence-electron chi connectivity index (χ0n) is 9.19. The molecule has 0 spiro atoms. The minimum absolute atomic E-state index is 0.0865. The van der Waals surface area contributed by atoms with Crippen LogP contribution in [-0.4, -0.2) is 61.8 Å². The van der Waals surface area contributed by atoms with Gasteiger partial charge in [-0.05, 0) is 25.9 Å². The normalized spacial score (nSPS) is 32.4. The van der Waals surface area contributed by atoms with Crippen LogP contribution in [0.5, 0.6) is 0 Å². The second kappa shape index (κ2) is 4.37. The standard InChI is InChI=1S/C10H19N3O2/c1-12-3-2-8(5-12)6-13-9(4-11)7-15-10(13)14/h8-9H,2-7,11H2,1H3. The molecule has 2 saturated heterocycles. The van der Waals surface area contributed by atoms with Crippen molar-refractivity contribution in [3.63, 3.8) is 0 Å². The van der Waals surface area contributed by atoms with E-state index in [2.05, 4.69) is 11.9 Å². The highest BCUT2D eigenvalue weighted by molar-refractivity contribution is 5.70. The highest BCUT2D eigenvalue weighted by Crippen LogP contribution is 2.20. The van der Waals surface area contributed by atoms with Gasteiger partial charge in [-0.25, -0.2) is 4.79 Å². The van der Waals surface area contributed by atoms with Crippen molar-refractivity contribution in [2.24, 2.45) is 11.7 Å². The summed E-state index contributed by atoms with van der Waals surface area (Å²) in [5.74, 6) is 0.578. The lowest BCUT2D eigenvalue weighted by Crippen LogP contribution is -2.42. The third kappa shape index (κ3) is 2.23. The van der Waals surface area contributed by atoms with Crippen molar-refractivity contribution >= 4 is 6.09 Å². The molecule has 2 heterocycles.